The molecule has 0 unspecified atom stereocenters. The first-order valence-electron chi connectivity index (χ1n) is 11.0. The lowest BCUT2D eigenvalue weighted by atomic mass is 9.92. The van der Waals surface area contributed by atoms with Gasteiger partial charge in [0, 0.05) is 18.3 Å². The topological polar surface area (TPSA) is 69.7 Å². The van der Waals surface area contributed by atoms with E-state index in [4.69, 9.17) is 4.98 Å². The summed E-state index contributed by atoms with van der Waals surface area (Å²) < 4.78 is 13.9. The highest BCUT2D eigenvalue weighted by Crippen LogP contribution is 2.26. The Balaban J connectivity index is 1.41. The molecule has 160 valence electrons. The number of nitrogens with zero attached hydrogens (tertiary/aromatic N) is 4. The van der Waals surface area contributed by atoms with E-state index in [1.807, 2.05) is 6.20 Å². The first kappa shape index (κ1) is 20.7. The van der Waals surface area contributed by atoms with E-state index < -0.39 is 0 Å². The fourth-order valence-corrected chi connectivity index (χ4v) is 4.23. The van der Waals surface area contributed by atoms with Crippen LogP contribution in [-0.4, -0.2) is 51.5 Å². The number of hydrogen-bond donors (Lipinski definition) is 2. The molecule has 1 aromatic carbocycles. The number of likely N-dealkylation sites (tertiary alicyclic amines) is 1. The van der Waals surface area contributed by atoms with Crippen molar-refractivity contribution >= 4 is 17.0 Å². The molecule has 3 heterocycles. The van der Waals surface area contributed by atoms with Crippen molar-refractivity contribution in [2.45, 2.75) is 46.0 Å². The lowest BCUT2D eigenvalue weighted by Gasteiger charge is -2.28. The molecule has 1 fully saturated rings. The minimum absolute atomic E-state index is 0.243. The number of nitrogens with one attached hydrogen (secondary N) is 2. The maximum Gasteiger partial charge on any atom is 0.222 e. The van der Waals surface area contributed by atoms with E-state index in [0.29, 0.717) is 22.9 Å². The van der Waals surface area contributed by atoms with Crippen LogP contribution in [0.25, 0.3) is 22.4 Å². The van der Waals surface area contributed by atoms with Crippen molar-refractivity contribution in [3.8, 4) is 11.4 Å². The molecule has 2 N–H and O–H groups in total. The van der Waals surface area contributed by atoms with Gasteiger partial charge in [-0.25, -0.2) is 19.3 Å². The number of fused-ring (bicyclic) bond motifs is 1. The summed E-state index contributed by atoms with van der Waals surface area (Å²) in [6.07, 6.45) is 7.59. The zero-order chi connectivity index (χ0) is 21.1. The van der Waals surface area contributed by atoms with Crippen molar-refractivity contribution in [2.24, 2.45) is 5.92 Å². The van der Waals surface area contributed by atoms with Crippen LogP contribution >= 0.6 is 0 Å². The van der Waals surface area contributed by atoms with Gasteiger partial charge in [0.25, 0.3) is 0 Å². The van der Waals surface area contributed by atoms with Gasteiger partial charge < -0.3 is 15.2 Å². The maximum absolute atomic E-state index is 13.9. The van der Waals surface area contributed by atoms with E-state index >= 15 is 0 Å². The summed E-state index contributed by atoms with van der Waals surface area (Å²) in [5.41, 5.74) is 3.83. The van der Waals surface area contributed by atoms with Crippen LogP contribution in [0.4, 0.5) is 10.3 Å². The minimum atomic E-state index is -0.243. The Kier molecular flexibility index (Phi) is 6.27. The molecule has 0 bridgehead atoms. The molecule has 2 aromatic heterocycles. The summed E-state index contributed by atoms with van der Waals surface area (Å²) in [5, 5.41) is 3.38. The molecule has 6 nitrogen and oxygen atoms in total. The monoisotopic (exact) mass is 410 g/mol. The van der Waals surface area contributed by atoms with Crippen LogP contribution in [0, 0.1) is 18.7 Å². The lowest BCUT2D eigenvalue weighted by molar-refractivity contribution is 0.211. The van der Waals surface area contributed by atoms with E-state index in [0.717, 1.165) is 42.1 Å². The number of piperidine rings is 1. The highest BCUT2D eigenvalue weighted by Gasteiger charge is 2.17. The van der Waals surface area contributed by atoms with Gasteiger partial charge in [-0.05, 0) is 77.2 Å². The van der Waals surface area contributed by atoms with Gasteiger partial charge in [-0.15, -0.1) is 0 Å². The van der Waals surface area contributed by atoms with Gasteiger partial charge in [0.1, 0.15) is 11.6 Å². The number of hydrogen-bond acceptors (Lipinski definition) is 5. The van der Waals surface area contributed by atoms with Crippen LogP contribution in [0.5, 0.6) is 0 Å². The molecule has 0 aliphatic carbocycles. The predicted octanol–water partition coefficient (Wildman–Crippen LogP) is 4.56. The molecule has 4 rings (SSSR count). The highest BCUT2D eigenvalue weighted by molar-refractivity contribution is 5.82. The van der Waals surface area contributed by atoms with Gasteiger partial charge in [0.15, 0.2) is 0 Å². The Morgan fingerprint density at radius 3 is 2.80 bits per heavy atom. The Labute approximate surface area is 177 Å². The van der Waals surface area contributed by atoms with Crippen LogP contribution in [0.3, 0.4) is 0 Å². The fourth-order valence-electron chi connectivity index (χ4n) is 4.23. The minimum Gasteiger partial charge on any atom is -0.354 e. The third-order valence-corrected chi connectivity index (χ3v) is 6.21. The van der Waals surface area contributed by atoms with E-state index in [1.165, 1.54) is 38.4 Å². The van der Waals surface area contributed by atoms with Crippen molar-refractivity contribution < 1.29 is 4.39 Å². The SMILES string of the molecule is CCc1nc(NCCCC2CCN(C)CC2)ncc1-c1nc2c(C)c(F)ccc2[nH]1. The standard InChI is InChI=1S/C23H31FN6/c1-4-19-17(22-27-20-8-7-18(24)15(2)21(20)29-22)14-26-23(28-19)25-11-5-6-16-9-12-30(3)13-10-16/h7-8,14,16H,4-6,9-13H2,1-3H3,(H,27,29)(H,25,26,28). The number of aryl methyl sites for hydroxylation is 2. The number of benzene rings is 1. The first-order chi connectivity index (χ1) is 14.5. The van der Waals surface area contributed by atoms with Gasteiger partial charge in [-0.1, -0.05) is 6.92 Å². The summed E-state index contributed by atoms with van der Waals surface area (Å²) in [6, 6.07) is 3.19. The zero-order valence-electron chi connectivity index (χ0n) is 18.1. The van der Waals surface area contributed by atoms with Gasteiger partial charge >= 0.3 is 0 Å². The van der Waals surface area contributed by atoms with E-state index in [-0.39, 0.29) is 5.82 Å². The van der Waals surface area contributed by atoms with Gasteiger partial charge in [0.05, 0.1) is 22.3 Å². The lowest BCUT2D eigenvalue weighted by Crippen LogP contribution is -2.30. The molecule has 3 aromatic rings. The van der Waals surface area contributed by atoms with E-state index in [9.17, 15) is 4.39 Å². The molecule has 30 heavy (non-hydrogen) atoms. The van der Waals surface area contributed by atoms with Crippen molar-refractivity contribution in [1.29, 1.82) is 0 Å². The third kappa shape index (κ3) is 4.46. The fraction of sp³-hybridized carbons (Fsp3) is 0.522. The maximum atomic E-state index is 13.9. The van der Waals surface area contributed by atoms with E-state index in [2.05, 4.69) is 39.1 Å². The van der Waals surface area contributed by atoms with Crippen LogP contribution in [0.2, 0.25) is 0 Å². The molecule has 1 saturated heterocycles. The second-order valence-corrected chi connectivity index (χ2v) is 8.38. The molecular formula is C23H31FN6. The zero-order valence-corrected chi connectivity index (χ0v) is 18.1. The number of anilines is 1. The number of halogens is 1. The quantitative estimate of drug-likeness (QED) is 0.559. The van der Waals surface area contributed by atoms with Crippen LogP contribution in [0.15, 0.2) is 18.3 Å². The van der Waals surface area contributed by atoms with Crippen LogP contribution in [-0.2, 0) is 6.42 Å². The largest absolute Gasteiger partial charge is 0.354 e. The molecule has 0 spiro atoms. The van der Waals surface area contributed by atoms with Gasteiger partial charge in [-0.2, -0.15) is 0 Å². The third-order valence-electron chi connectivity index (χ3n) is 6.21. The van der Waals surface area contributed by atoms with E-state index in [1.54, 1.807) is 13.0 Å². The second-order valence-electron chi connectivity index (χ2n) is 8.38. The summed E-state index contributed by atoms with van der Waals surface area (Å²) in [4.78, 5) is 19.5. The van der Waals surface area contributed by atoms with Crippen molar-refractivity contribution in [3.63, 3.8) is 0 Å². The normalized spacial score (nSPS) is 15.7. The molecule has 7 heteroatoms. The molecular weight excluding hydrogens is 379 g/mol. The molecule has 0 atom stereocenters. The summed E-state index contributed by atoms with van der Waals surface area (Å²) in [5.74, 6) is 1.95. The Morgan fingerprint density at radius 1 is 1.23 bits per heavy atom. The average Bonchev–Trinajstić information content (AvgIpc) is 3.20. The smallest absolute Gasteiger partial charge is 0.222 e. The predicted molar refractivity (Wildman–Crippen MR) is 119 cm³/mol. The van der Waals surface area contributed by atoms with Crippen molar-refractivity contribution in [2.75, 3.05) is 32.0 Å². The number of aromatic amines is 1. The molecule has 0 amide bonds. The molecule has 1 aliphatic heterocycles. The van der Waals surface area contributed by atoms with Crippen molar-refractivity contribution in [3.05, 3.63) is 35.4 Å². The number of H-pyrrole nitrogens is 1. The summed E-state index contributed by atoms with van der Waals surface area (Å²) in [6.45, 7) is 7.15. The number of rotatable bonds is 7. The summed E-state index contributed by atoms with van der Waals surface area (Å²) >= 11 is 0. The molecule has 1 aliphatic rings. The van der Waals surface area contributed by atoms with Crippen molar-refractivity contribution in [1.82, 2.24) is 24.8 Å². The highest BCUT2D eigenvalue weighted by atomic mass is 19.1. The number of aromatic nitrogens is 4. The van der Waals surface area contributed by atoms with Gasteiger partial charge in [0.2, 0.25) is 5.95 Å². The second kappa shape index (κ2) is 9.08. The Morgan fingerprint density at radius 2 is 2.03 bits per heavy atom. The van der Waals surface area contributed by atoms with Crippen LogP contribution < -0.4 is 5.32 Å². The Bertz CT molecular complexity index is 1010. The summed E-state index contributed by atoms with van der Waals surface area (Å²) in [7, 11) is 2.20. The number of imidazole rings is 1. The molecule has 0 radical (unpaired) electrons. The van der Waals surface area contributed by atoms with Gasteiger partial charge in [-0.3, -0.25) is 0 Å². The Hall–Kier alpha value is -2.54. The first-order valence-corrected chi connectivity index (χ1v) is 11.0. The average molecular weight is 411 g/mol. The molecule has 0 saturated carbocycles. The van der Waals surface area contributed by atoms with Crippen LogP contribution in [0.1, 0.15) is 43.9 Å².